The van der Waals surface area contributed by atoms with Crippen LogP contribution in [0.4, 0.5) is 4.39 Å². The molecule has 2 nitrogen and oxygen atoms in total. The lowest BCUT2D eigenvalue weighted by Crippen LogP contribution is -2.42. The van der Waals surface area contributed by atoms with Crippen molar-refractivity contribution in [1.82, 2.24) is 0 Å². The fraction of sp³-hybridized carbons (Fsp3) is 0.600. The van der Waals surface area contributed by atoms with Gasteiger partial charge < -0.3 is 10.5 Å². The van der Waals surface area contributed by atoms with E-state index in [1.165, 1.54) is 6.07 Å². The zero-order chi connectivity index (χ0) is 13.7. The summed E-state index contributed by atoms with van der Waals surface area (Å²) in [7, 11) is 0. The molecule has 0 fully saturated rings. The molecule has 0 amide bonds. The zero-order valence-corrected chi connectivity index (χ0v) is 11.7. The normalized spacial score (nSPS) is 14.8. The Bertz CT molecular complexity index is 379. The van der Waals surface area contributed by atoms with Gasteiger partial charge in [0.25, 0.3) is 0 Å². The topological polar surface area (TPSA) is 35.2 Å². The number of benzene rings is 1. The number of hydrogen-bond acceptors (Lipinski definition) is 2. The van der Waals surface area contributed by atoms with Crippen molar-refractivity contribution in [1.29, 1.82) is 0 Å². The van der Waals surface area contributed by atoms with Gasteiger partial charge in [-0.15, -0.1) is 0 Å². The minimum atomic E-state index is -0.208. The first-order valence-electron chi connectivity index (χ1n) is 6.58. The van der Waals surface area contributed by atoms with Crippen molar-refractivity contribution >= 4 is 0 Å². The van der Waals surface area contributed by atoms with E-state index in [1.54, 1.807) is 12.1 Å². The third-order valence-corrected chi connectivity index (χ3v) is 3.20. The Morgan fingerprint density at radius 1 is 1.33 bits per heavy atom. The van der Waals surface area contributed by atoms with E-state index in [-0.39, 0.29) is 18.0 Å². The summed E-state index contributed by atoms with van der Waals surface area (Å²) in [6.45, 7) is 8.79. The van der Waals surface area contributed by atoms with Crippen LogP contribution in [-0.2, 0) is 11.2 Å². The van der Waals surface area contributed by atoms with Gasteiger partial charge in [-0.25, -0.2) is 4.39 Å². The highest BCUT2D eigenvalue weighted by molar-refractivity contribution is 5.27. The smallest absolute Gasteiger partial charge is 0.123 e. The van der Waals surface area contributed by atoms with Gasteiger partial charge in [0.2, 0.25) is 0 Å². The van der Waals surface area contributed by atoms with Crippen LogP contribution in [0.15, 0.2) is 18.2 Å². The van der Waals surface area contributed by atoms with E-state index in [1.807, 2.05) is 13.8 Å². The van der Waals surface area contributed by atoms with Gasteiger partial charge in [0, 0.05) is 12.6 Å². The van der Waals surface area contributed by atoms with E-state index in [9.17, 15) is 4.39 Å². The van der Waals surface area contributed by atoms with Gasteiger partial charge in [0.1, 0.15) is 5.82 Å². The fourth-order valence-electron chi connectivity index (χ4n) is 2.23. The van der Waals surface area contributed by atoms with Crippen molar-refractivity contribution in [2.45, 2.75) is 46.3 Å². The van der Waals surface area contributed by atoms with Crippen LogP contribution in [-0.4, -0.2) is 18.8 Å². The molecule has 0 aliphatic carbocycles. The van der Waals surface area contributed by atoms with Crippen molar-refractivity contribution in [2.75, 3.05) is 6.61 Å². The third-order valence-electron chi connectivity index (χ3n) is 3.20. The molecule has 0 saturated heterocycles. The minimum Gasteiger partial charge on any atom is -0.377 e. The Hall–Kier alpha value is -0.930. The molecular weight excluding hydrogens is 229 g/mol. The van der Waals surface area contributed by atoms with Gasteiger partial charge in [-0.05, 0) is 49.4 Å². The van der Waals surface area contributed by atoms with Crippen LogP contribution in [0.2, 0.25) is 0 Å². The average Bonchev–Trinajstić information content (AvgIpc) is 2.30. The van der Waals surface area contributed by atoms with E-state index in [2.05, 4.69) is 13.8 Å². The quantitative estimate of drug-likeness (QED) is 0.845. The van der Waals surface area contributed by atoms with Gasteiger partial charge in [-0.2, -0.15) is 0 Å². The largest absolute Gasteiger partial charge is 0.377 e. The molecule has 0 aliphatic heterocycles. The van der Waals surface area contributed by atoms with Gasteiger partial charge in [0.15, 0.2) is 0 Å². The van der Waals surface area contributed by atoms with Gasteiger partial charge in [-0.1, -0.05) is 19.9 Å². The highest BCUT2D eigenvalue weighted by Crippen LogP contribution is 2.17. The zero-order valence-electron chi connectivity index (χ0n) is 11.7. The second kappa shape index (κ2) is 6.86. The molecule has 0 spiro atoms. The molecule has 0 radical (unpaired) electrons. The number of aryl methyl sites for hydroxylation is 1. The molecule has 0 aromatic heterocycles. The number of hydrogen-bond donors (Lipinski definition) is 1. The highest BCUT2D eigenvalue weighted by Gasteiger charge is 2.22. The second-order valence-electron chi connectivity index (χ2n) is 5.10. The molecule has 1 aromatic carbocycles. The predicted molar refractivity (Wildman–Crippen MR) is 73.1 cm³/mol. The summed E-state index contributed by atoms with van der Waals surface area (Å²) in [6, 6.07) is 4.74. The number of nitrogens with two attached hydrogens (primary N) is 1. The first kappa shape index (κ1) is 15.1. The average molecular weight is 253 g/mol. The van der Waals surface area contributed by atoms with Crippen molar-refractivity contribution in [2.24, 2.45) is 11.7 Å². The molecular formula is C15H24FNO. The highest BCUT2D eigenvalue weighted by atomic mass is 19.1. The first-order valence-corrected chi connectivity index (χ1v) is 6.58. The van der Waals surface area contributed by atoms with E-state index >= 15 is 0 Å². The molecule has 0 bridgehead atoms. The number of ether oxygens (including phenoxy) is 1. The van der Waals surface area contributed by atoms with Crippen molar-refractivity contribution in [3.63, 3.8) is 0 Å². The molecule has 0 heterocycles. The Kier molecular flexibility index (Phi) is 5.76. The Labute approximate surface area is 109 Å². The summed E-state index contributed by atoms with van der Waals surface area (Å²) in [5.41, 5.74) is 8.25. The van der Waals surface area contributed by atoms with Crippen LogP contribution in [0.1, 0.15) is 31.9 Å². The standard InChI is InChI=1S/C15H24FNO/c1-5-18-15(10(2)3)14(17)9-12-8-13(16)7-6-11(12)4/h6-8,10,14-15H,5,9,17H2,1-4H3. The van der Waals surface area contributed by atoms with Crippen molar-refractivity contribution < 1.29 is 9.13 Å². The van der Waals surface area contributed by atoms with Crippen LogP contribution in [0.3, 0.4) is 0 Å². The van der Waals surface area contributed by atoms with Crippen LogP contribution >= 0.6 is 0 Å². The van der Waals surface area contributed by atoms with Gasteiger partial charge in [0.05, 0.1) is 6.10 Å². The molecule has 2 atom stereocenters. The summed E-state index contributed by atoms with van der Waals surface area (Å²) in [4.78, 5) is 0. The van der Waals surface area contributed by atoms with Crippen LogP contribution in [0.5, 0.6) is 0 Å². The molecule has 2 unspecified atom stereocenters. The molecule has 1 aromatic rings. The lowest BCUT2D eigenvalue weighted by Gasteiger charge is -2.27. The Morgan fingerprint density at radius 2 is 2.00 bits per heavy atom. The molecule has 2 N–H and O–H groups in total. The summed E-state index contributed by atoms with van der Waals surface area (Å²) in [6.07, 6.45) is 0.657. The van der Waals surface area contributed by atoms with Crippen LogP contribution in [0, 0.1) is 18.7 Å². The van der Waals surface area contributed by atoms with E-state index in [4.69, 9.17) is 10.5 Å². The molecule has 0 saturated carbocycles. The van der Waals surface area contributed by atoms with E-state index in [0.29, 0.717) is 18.9 Å². The van der Waals surface area contributed by atoms with Crippen LogP contribution in [0.25, 0.3) is 0 Å². The van der Waals surface area contributed by atoms with E-state index in [0.717, 1.165) is 11.1 Å². The predicted octanol–water partition coefficient (Wildman–Crippen LogP) is 3.07. The summed E-state index contributed by atoms with van der Waals surface area (Å²) in [5.74, 6) is 0.147. The molecule has 0 aliphatic rings. The summed E-state index contributed by atoms with van der Waals surface area (Å²) < 4.78 is 18.9. The number of halogens is 1. The maximum Gasteiger partial charge on any atom is 0.123 e. The van der Waals surface area contributed by atoms with E-state index < -0.39 is 0 Å². The molecule has 3 heteroatoms. The Balaban J connectivity index is 2.78. The Morgan fingerprint density at radius 3 is 2.56 bits per heavy atom. The summed E-state index contributed by atoms with van der Waals surface area (Å²) >= 11 is 0. The fourth-order valence-corrected chi connectivity index (χ4v) is 2.23. The summed E-state index contributed by atoms with van der Waals surface area (Å²) in [5, 5.41) is 0. The first-order chi connectivity index (χ1) is 8.45. The SMILES string of the molecule is CCOC(C(C)C)C(N)Cc1cc(F)ccc1C. The van der Waals surface area contributed by atoms with Crippen molar-refractivity contribution in [3.05, 3.63) is 35.1 Å². The second-order valence-corrected chi connectivity index (χ2v) is 5.10. The monoisotopic (exact) mass is 253 g/mol. The maximum atomic E-state index is 13.2. The molecule has 18 heavy (non-hydrogen) atoms. The maximum absolute atomic E-state index is 13.2. The lowest BCUT2D eigenvalue weighted by atomic mass is 9.93. The van der Waals surface area contributed by atoms with Crippen molar-refractivity contribution in [3.8, 4) is 0 Å². The third kappa shape index (κ3) is 4.07. The van der Waals surface area contributed by atoms with Crippen LogP contribution < -0.4 is 5.73 Å². The molecule has 102 valence electrons. The van der Waals surface area contributed by atoms with Gasteiger partial charge >= 0.3 is 0 Å². The lowest BCUT2D eigenvalue weighted by molar-refractivity contribution is 0.0127. The molecule has 1 rings (SSSR count). The van der Waals surface area contributed by atoms with Gasteiger partial charge in [-0.3, -0.25) is 0 Å². The minimum absolute atomic E-state index is 0.0117. The number of rotatable bonds is 6.